The lowest BCUT2D eigenvalue weighted by atomic mass is 9.89. The largest absolute Gasteiger partial charge is 0.465 e. The highest BCUT2D eigenvalue weighted by Crippen LogP contribution is 2.39. The van der Waals surface area contributed by atoms with Gasteiger partial charge in [-0.3, -0.25) is 4.79 Å². The molecule has 2 heterocycles. The number of esters is 1. The highest BCUT2D eigenvalue weighted by molar-refractivity contribution is 5.94. The minimum atomic E-state index is -0.435. The topological polar surface area (TPSA) is 84.4 Å². The molecule has 1 aliphatic heterocycles. The quantitative estimate of drug-likeness (QED) is 0.824. The summed E-state index contributed by atoms with van der Waals surface area (Å²) in [5.74, 6) is 1.22. The average Bonchev–Trinajstić information content (AvgIpc) is 2.96. The predicted octanol–water partition coefficient (Wildman–Crippen LogP) is 0.614. The minimum absolute atomic E-state index is 0.141. The molecule has 0 spiro atoms. The van der Waals surface area contributed by atoms with Gasteiger partial charge in [0.25, 0.3) is 0 Å². The number of methoxy groups -OCH3 is 1. The van der Waals surface area contributed by atoms with E-state index in [-0.39, 0.29) is 11.9 Å². The number of nitrogens with one attached hydrogen (secondary N) is 1. The van der Waals surface area contributed by atoms with Crippen LogP contribution in [0.5, 0.6) is 0 Å². The summed E-state index contributed by atoms with van der Waals surface area (Å²) in [5, 5.41) is 2.93. The first-order valence-electron chi connectivity index (χ1n) is 7.48. The predicted molar refractivity (Wildman–Crippen MR) is 79.4 cm³/mol. The molecule has 2 fully saturated rings. The normalized spacial score (nSPS) is 27.0. The standard InChI is InChI=1S/C15H20N4O3/c1-19(14-12(15(21)22-2)7-16-8-18-14)11-3-9-5-13(20)17-6-10(9)4-11/h7-11H,3-6H2,1-2H3,(H,17,20)/t9-,10+,11-/m0/s1. The van der Waals surface area contributed by atoms with E-state index in [1.165, 1.54) is 19.6 Å². The third-order valence-electron chi connectivity index (χ3n) is 4.80. The summed E-state index contributed by atoms with van der Waals surface area (Å²) >= 11 is 0. The summed E-state index contributed by atoms with van der Waals surface area (Å²) in [4.78, 5) is 33.6. The summed E-state index contributed by atoms with van der Waals surface area (Å²) in [6, 6.07) is 0.265. The molecule has 22 heavy (non-hydrogen) atoms. The summed E-state index contributed by atoms with van der Waals surface area (Å²) in [7, 11) is 3.28. The van der Waals surface area contributed by atoms with Crippen LogP contribution in [0.4, 0.5) is 5.82 Å². The average molecular weight is 304 g/mol. The smallest absolute Gasteiger partial charge is 0.343 e. The number of hydrogen-bond donors (Lipinski definition) is 1. The fourth-order valence-electron chi connectivity index (χ4n) is 3.58. The van der Waals surface area contributed by atoms with Crippen molar-refractivity contribution in [2.75, 3.05) is 25.6 Å². The molecule has 0 aromatic carbocycles. The van der Waals surface area contributed by atoms with Crippen molar-refractivity contribution in [3.8, 4) is 0 Å². The van der Waals surface area contributed by atoms with Crippen molar-refractivity contribution < 1.29 is 14.3 Å². The van der Waals surface area contributed by atoms with E-state index in [0.29, 0.717) is 29.6 Å². The van der Waals surface area contributed by atoms with Gasteiger partial charge in [0.2, 0.25) is 5.91 Å². The lowest BCUT2D eigenvalue weighted by Crippen LogP contribution is -2.38. The highest BCUT2D eigenvalue weighted by atomic mass is 16.5. The van der Waals surface area contributed by atoms with Gasteiger partial charge in [0, 0.05) is 32.3 Å². The Hall–Kier alpha value is -2.18. The van der Waals surface area contributed by atoms with Crippen LogP contribution in [0.3, 0.4) is 0 Å². The van der Waals surface area contributed by atoms with Gasteiger partial charge < -0.3 is 15.0 Å². The Morgan fingerprint density at radius 3 is 2.95 bits per heavy atom. The van der Waals surface area contributed by atoms with Crippen LogP contribution < -0.4 is 10.2 Å². The van der Waals surface area contributed by atoms with Gasteiger partial charge in [-0.15, -0.1) is 0 Å². The van der Waals surface area contributed by atoms with Gasteiger partial charge in [0.15, 0.2) is 0 Å². The van der Waals surface area contributed by atoms with Crippen molar-refractivity contribution in [3.05, 3.63) is 18.1 Å². The molecule has 3 rings (SSSR count). The summed E-state index contributed by atoms with van der Waals surface area (Å²) in [6.07, 6.45) is 5.46. The van der Waals surface area contributed by atoms with Crippen LogP contribution in [0, 0.1) is 11.8 Å². The van der Waals surface area contributed by atoms with Gasteiger partial charge in [-0.25, -0.2) is 14.8 Å². The van der Waals surface area contributed by atoms with E-state index in [1.54, 1.807) is 0 Å². The lowest BCUT2D eigenvalue weighted by molar-refractivity contribution is -0.124. The Morgan fingerprint density at radius 2 is 2.18 bits per heavy atom. The van der Waals surface area contributed by atoms with E-state index in [1.807, 2.05) is 11.9 Å². The monoisotopic (exact) mass is 304 g/mol. The van der Waals surface area contributed by atoms with Crippen molar-refractivity contribution >= 4 is 17.7 Å². The number of carbonyl (C=O) groups excluding carboxylic acids is 2. The van der Waals surface area contributed by atoms with E-state index >= 15 is 0 Å². The molecular formula is C15H20N4O3. The molecule has 1 N–H and O–H groups in total. The minimum Gasteiger partial charge on any atom is -0.465 e. The maximum Gasteiger partial charge on any atom is 0.343 e. The molecule has 0 radical (unpaired) electrons. The summed E-state index contributed by atoms with van der Waals surface area (Å²) in [5.41, 5.74) is 0.372. The Bertz CT molecular complexity index is 592. The maximum atomic E-state index is 11.9. The number of ether oxygens (including phenoxy) is 1. The summed E-state index contributed by atoms with van der Waals surface area (Å²) < 4.78 is 4.80. The van der Waals surface area contributed by atoms with Crippen molar-refractivity contribution in [2.45, 2.75) is 25.3 Å². The molecule has 118 valence electrons. The van der Waals surface area contributed by atoms with Crippen LogP contribution in [0.2, 0.25) is 0 Å². The fraction of sp³-hybridized carbons (Fsp3) is 0.600. The number of rotatable bonds is 3. The van der Waals surface area contributed by atoms with Gasteiger partial charge in [-0.1, -0.05) is 0 Å². The van der Waals surface area contributed by atoms with Crippen molar-refractivity contribution in [1.82, 2.24) is 15.3 Å². The van der Waals surface area contributed by atoms with Gasteiger partial charge in [-0.2, -0.15) is 0 Å². The second kappa shape index (κ2) is 5.90. The molecule has 2 aliphatic rings. The number of aromatic nitrogens is 2. The number of nitrogens with zero attached hydrogens (tertiary/aromatic N) is 3. The maximum absolute atomic E-state index is 11.9. The second-order valence-corrected chi connectivity index (χ2v) is 6.02. The van der Waals surface area contributed by atoms with Gasteiger partial charge in [0.1, 0.15) is 17.7 Å². The molecule has 7 heteroatoms. The first-order chi connectivity index (χ1) is 10.6. The molecule has 0 bridgehead atoms. The molecule has 0 unspecified atom stereocenters. The zero-order valence-electron chi connectivity index (χ0n) is 12.8. The molecule has 1 aromatic heterocycles. The van der Waals surface area contributed by atoms with Crippen molar-refractivity contribution in [2.24, 2.45) is 11.8 Å². The Labute approximate surface area is 129 Å². The van der Waals surface area contributed by atoms with Crippen molar-refractivity contribution in [3.63, 3.8) is 0 Å². The molecule has 1 saturated heterocycles. The molecule has 1 aliphatic carbocycles. The number of carbonyl (C=O) groups is 2. The van der Waals surface area contributed by atoms with Crippen LogP contribution in [0.25, 0.3) is 0 Å². The van der Waals surface area contributed by atoms with Crippen LogP contribution in [-0.2, 0) is 9.53 Å². The third-order valence-corrected chi connectivity index (χ3v) is 4.80. The molecule has 1 saturated carbocycles. The van der Waals surface area contributed by atoms with E-state index in [2.05, 4.69) is 15.3 Å². The van der Waals surface area contributed by atoms with Crippen LogP contribution in [-0.4, -0.2) is 48.6 Å². The van der Waals surface area contributed by atoms with Crippen LogP contribution in [0.15, 0.2) is 12.5 Å². The van der Waals surface area contributed by atoms with Gasteiger partial charge in [-0.05, 0) is 24.7 Å². The van der Waals surface area contributed by atoms with Crippen LogP contribution >= 0.6 is 0 Å². The SMILES string of the molecule is COC(=O)c1cncnc1N(C)[C@H]1C[C@H]2CC(=O)NC[C@H]2C1. The first-order valence-corrected chi connectivity index (χ1v) is 7.48. The Kier molecular flexibility index (Phi) is 3.96. The molecular weight excluding hydrogens is 284 g/mol. The number of piperidine rings is 1. The molecule has 3 atom stereocenters. The van der Waals surface area contributed by atoms with Crippen molar-refractivity contribution in [1.29, 1.82) is 0 Å². The summed E-state index contributed by atoms with van der Waals surface area (Å²) in [6.45, 7) is 0.751. The zero-order chi connectivity index (χ0) is 15.7. The van der Waals surface area contributed by atoms with Gasteiger partial charge in [0.05, 0.1) is 7.11 Å². The van der Waals surface area contributed by atoms with E-state index in [0.717, 1.165) is 19.4 Å². The molecule has 1 aromatic rings. The zero-order valence-corrected chi connectivity index (χ0v) is 12.8. The van der Waals surface area contributed by atoms with Gasteiger partial charge >= 0.3 is 5.97 Å². The van der Waals surface area contributed by atoms with E-state index < -0.39 is 5.97 Å². The Balaban J connectivity index is 1.79. The molecule has 7 nitrogen and oxygen atoms in total. The lowest BCUT2D eigenvalue weighted by Gasteiger charge is -2.26. The first kappa shape index (κ1) is 14.7. The highest BCUT2D eigenvalue weighted by Gasteiger charge is 2.40. The number of anilines is 1. The van der Waals surface area contributed by atoms with E-state index in [4.69, 9.17) is 4.74 Å². The number of amides is 1. The van der Waals surface area contributed by atoms with E-state index in [9.17, 15) is 9.59 Å². The molecule has 1 amide bonds. The van der Waals surface area contributed by atoms with Crippen LogP contribution in [0.1, 0.15) is 29.6 Å². The number of fused-ring (bicyclic) bond motifs is 1. The fourth-order valence-corrected chi connectivity index (χ4v) is 3.58. The Morgan fingerprint density at radius 1 is 1.41 bits per heavy atom. The second-order valence-electron chi connectivity index (χ2n) is 6.02. The number of hydrogen-bond acceptors (Lipinski definition) is 6. The third kappa shape index (κ3) is 2.63.